The van der Waals surface area contributed by atoms with Gasteiger partial charge in [-0.3, -0.25) is 0 Å². The molecule has 1 heterocycles. The first kappa shape index (κ1) is 17.4. The Hall–Kier alpha value is -1.06. The maximum atomic E-state index is 10.8. The van der Waals surface area contributed by atoms with Gasteiger partial charge in [0, 0.05) is 25.4 Å². The number of anilines is 1. The van der Waals surface area contributed by atoms with Crippen LogP contribution in [0.2, 0.25) is 0 Å². The number of hydrogen-bond donors (Lipinski definition) is 1. The van der Waals surface area contributed by atoms with Crippen LogP contribution < -0.4 is 4.90 Å². The topological polar surface area (TPSA) is 32.7 Å². The second-order valence-corrected chi connectivity index (χ2v) is 8.81. The van der Waals surface area contributed by atoms with Crippen molar-refractivity contribution in [2.24, 2.45) is 5.41 Å². The van der Waals surface area contributed by atoms with Crippen molar-refractivity contribution in [2.45, 2.75) is 69.8 Å². The number of hydrogen-bond acceptors (Lipinski definition) is 3. The molecule has 3 fully saturated rings. The Bertz CT molecular complexity index is 570. The molecular weight excluding hydrogens is 310 g/mol. The molecule has 0 amide bonds. The van der Waals surface area contributed by atoms with E-state index in [0.717, 1.165) is 57.7 Å². The van der Waals surface area contributed by atoms with E-state index in [1.54, 1.807) is 0 Å². The van der Waals surface area contributed by atoms with Crippen LogP contribution in [0.3, 0.4) is 0 Å². The van der Waals surface area contributed by atoms with Crippen molar-refractivity contribution in [1.82, 2.24) is 0 Å². The molecule has 1 aromatic carbocycles. The molecule has 0 radical (unpaired) electrons. The summed E-state index contributed by atoms with van der Waals surface area (Å²) < 4.78 is 5.64. The molecule has 1 aliphatic heterocycles. The molecule has 0 bridgehead atoms. The number of ether oxygens (including phenoxy) is 1. The van der Waals surface area contributed by atoms with E-state index in [1.165, 1.54) is 30.5 Å². The first-order chi connectivity index (χ1) is 12.1. The van der Waals surface area contributed by atoms with Crippen molar-refractivity contribution in [3.8, 4) is 0 Å². The molecule has 3 nitrogen and oxygen atoms in total. The zero-order valence-corrected chi connectivity index (χ0v) is 15.7. The van der Waals surface area contributed by atoms with Crippen molar-refractivity contribution in [2.75, 3.05) is 31.2 Å². The molecule has 1 aromatic rings. The molecular formula is C22H33NO2. The molecule has 0 atom stereocenters. The van der Waals surface area contributed by atoms with E-state index in [2.05, 4.69) is 36.1 Å². The van der Waals surface area contributed by atoms with Gasteiger partial charge in [-0.2, -0.15) is 0 Å². The molecule has 0 unspecified atom stereocenters. The minimum Gasteiger partial charge on any atom is -0.387 e. The van der Waals surface area contributed by atoms with Gasteiger partial charge in [-0.05, 0) is 80.4 Å². The average molecular weight is 344 g/mol. The van der Waals surface area contributed by atoms with Gasteiger partial charge in [-0.1, -0.05) is 19.1 Å². The Kier molecular flexibility index (Phi) is 4.81. The van der Waals surface area contributed by atoms with Crippen molar-refractivity contribution < 1.29 is 9.84 Å². The van der Waals surface area contributed by atoms with Crippen molar-refractivity contribution in [3.05, 3.63) is 29.8 Å². The normalized spacial score (nSPS) is 32.5. The number of rotatable bonds is 6. The van der Waals surface area contributed by atoms with Crippen LogP contribution >= 0.6 is 0 Å². The van der Waals surface area contributed by atoms with E-state index in [9.17, 15) is 5.11 Å². The summed E-state index contributed by atoms with van der Waals surface area (Å²) in [6.07, 6.45) is 9.09. The standard InChI is InChI=1S/C22H33NO2/c1-2-15-25-17-22(24)11-9-21(10-12-22)13-14-23(16-21)20-7-5-19(6-8-20)18-3-4-18/h5-8,18,24H,2-4,9-17H2,1H3/t21-,22+. The van der Waals surface area contributed by atoms with E-state index < -0.39 is 5.60 Å². The van der Waals surface area contributed by atoms with E-state index in [4.69, 9.17) is 4.74 Å². The molecule has 1 N–H and O–H groups in total. The van der Waals surface area contributed by atoms with Crippen LogP contribution in [-0.4, -0.2) is 37.0 Å². The zero-order valence-electron chi connectivity index (χ0n) is 15.7. The van der Waals surface area contributed by atoms with E-state index in [0.29, 0.717) is 12.0 Å². The molecule has 1 spiro atoms. The van der Waals surface area contributed by atoms with Crippen LogP contribution in [-0.2, 0) is 4.74 Å². The molecule has 2 aliphatic carbocycles. The van der Waals surface area contributed by atoms with Gasteiger partial charge in [-0.15, -0.1) is 0 Å². The fraction of sp³-hybridized carbons (Fsp3) is 0.727. The van der Waals surface area contributed by atoms with Gasteiger partial charge in [0.15, 0.2) is 0 Å². The van der Waals surface area contributed by atoms with E-state index in [1.807, 2.05) is 0 Å². The highest BCUT2D eigenvalue weighted by atomic mass is 16.5. The third kappa shape index (κ3) is 3.88. The Morgan fingerprint density at radius 2 is 1.80 bits per heavy atom. The number of aliphatic hydroxyl groups is 1. The third-order valence-corrected chi connectivity index (χ3v) is 6.71. The summed E-state index contributed by atoms with van der Waals surface area (Å²) in [6.45, 7) is 5.71. The maximum Gasteiger partial charge on any atom is 0.0880 e. The zero-order chi connectivity index (χ0) is 17.3. The third-order valence-electron chi connectivity index (χ3n) is 6.71. The quantitative estimate of drug-likeness (QED) is 0.772. The molecule has 138 valence electrons. The second-order valence-electron chi connectivity index (χ2n) is 8.81. The number of benzene rings is 1. The fourth-order valence-corrected chi connectivity index (χ4v) is 4.73. The van der Waals surface area contributed by atoms with Crippen LogP contribution in [0, 0.1) is 5.41 Å². The van der Waals surface area contributed by atoms with Crippen molar-refractivity contribution >= 4 is 5.69 Å². The van der Waals surface area contributed by atoms with Crippen LogP contribution in [0.25, 0.3) is 0 Å². The molecule has 3 aliphatic rings. The lowest BCUT2D eigenvalue weighted by molar-refractivity contribution is -0.0867. The van der Waals surface area contributed by atoms with Crippen molar-refractivity contribution in [3.63, 3.8) is 0 Å². The Balaban J connectivity index is 1.32. The SMILES string of the molecule is CCCOC[C@]1(O)CC[C@]2(CCN(c3ccc(C4CC4)cc3)C2)CC1. The van der Waals surface area contributed by atoms with Gasteiger partial charge in [0.1, 0.15) is 0 Å². The fourth-order valence-electron chi connectivity index (χ4n) is 4.73. The first-order valence-electron chi connectivity index (χ1n) is 10.3. The highest BCUT2D eigenvalue weighted by molar-refractivity contribution is 5.50. The molecule has 2 saturated carbocycles. The van der Waals surface area contributed by atoms with Gasteiger partial charge >= 0.3 is 0 Å². The highest BCUT2D eigenvalue weighted by Crippen LogP contribution is 2.48. The van der Waals surface area contributed by atoms with E-state index >= 15 is 0 Å². The van der Waals surface area contributed by atoms with Crippen LogP contribution in [0.5, 0.6) is 0 Å². The molecule has 25 heavy (non-hydrogen) atoms. The summed E-state index contributed by atoms with van der Waals surface area (Å²) in [5.41, 5.74) is 2.73. The van der Waals surface area contributed by atoms with Crippen LogP contribution in [0.15, 0.2) is 24.3 Å². The van der Waals surface area contributed by atoms with Gasteiger partial charge in [0.25, 0.3) is 0 Å². The Labute approximate surface area is 152 Å². The lowest BCUT2D eigenvalue weighted by atomic mass is 9.68. The van der Waals surface area contributed by atoms with Gasteiger partial charge in [-0.25, -0.2) is 0 Å². The minimum absolute atomic E-state index is 0.409. The Morgan fingerprint density at radius 3 is 2.44 bits per heavy atom. The predicted molar refractivity (Wildman–Crippen MR) is 102 cm³/mol. The monoisotopic (exact) mass is 343 g/mol. The Morgan fingerprint density at radius 1 is 1.08 bits per heavy atom. The summed E-state index contributed by atoms with van der Waals surface area (Å²) in [5.74, 6) is 0.838. The predicted octanol–water partition coefficient (Wildman–Crippen LogP) is 4.49. The molecule has 0 aromatic heterocycles. The van der Waals surface area contributed by atoms with Gasteiger partial charge < -0.3 is 14.7 Å². The molecule has 3 heteroatoms. The largest absolute Gasteiger partial charge is 0.387 e. The van der Waals surface area contributed by atoms with Gasteiger partial charge in [0.2, 0.25) is 0 Å². The summed E-state index contributed by atoms with van der Waals surface area (Å²) in [7, 11) is 0. The van der Waals surface area contributed by atoms with Crippen LogP contribution in [0.4, 0.5) is 5.69 Å². The second kappa shape index (κ2) is 6.92. The summed E-state index contributed by atoms with van der Waals surface area (Å²) in [5, 5.41) is 10.8. The average Bonchev–Trinajstić information content (AvgIpc) is 3.40. The number of nitrogens with zero attached hydrogens (tertiary/aromatic N) is 1. The summed E-state index contributed by atoms with van der Waals surface area (Å²) in [6, 6.07) is 9.32. The maximum absolute atomic E-state index is 10.8. The summed E-state index contributed by atoms with van der Waals surface area (Å²) >= 11 is 0. The smallest absolute Gasteiger partial charge is 0.0880 e. The van der Waals surface area contributed by atoms with Gasteiger partial charge in [0.05, 0.1) is 12.2 Å². The lowest BCUT2D eigenvalue weighted by Gasteiger charge is -2.42. The summed E-state index contributed by atoms with van der Waals surface area (Å²) in [4.78, 5) is 2.56. The van der Waals surface area contributed by atoms with Crippen molar-refractivity contribution in [1.29, 1.82) is 0 Å². The lowest BCUT2D eigenvalue weighted by Crippen LogP contribution is -2.43. The first-order valence-corrected chi connectivity index (χ1v) is 10.3. The molecule has 1 saturated heterocycles. The highest BCUT2D eigenvalue weighted by Gasteiger charge is 2.45. The van der Waals surface area contributed by atoms with E-state index in [-0.39, 0.29) is 0 Å². The molecule has 4 rings (SSSR count). The minimum atomic E-state index is -0.584. The van der Waals surface area contributed by atoms with Crippen LogP contribution in [0.1, 0.15) is 69.8 Å².